The smallest absolute Gasteiger partial charge is 0.275 e. The summed E-state index contributed by atoms with van der Waals surface area (Å²) in [5, 5.41) is 5.25. The van der Waals surface area contributed by atoms with Crippen LogP contribution in [0.1, 0.15) is 28.5 Å². The molecule has 3 N–H and O–H groups in total. The molecule has 5 nitrogen and oxygen atoms in total. The summed E-state index contributed by atoms with van der Waals surface area (Å²) in [5.41, 5.74) is 6.44. The van der Waals surface area contributed by atoms with Crippen LogP contribution in [0.25, 0.3) is 0 Å². The summed E-state index contributed by atoms with van der Waals surface area (Å²) in [6.07, 6.45) is 1.55. The lowest BCUT2D eigenvalue weighted by Crippen LogP contribution is -2.14. The van der Waals surface area contributed by atoms with Crippen molar-refractivity contribution in [2.75, 3.05) is 5.32 Å². The number of hydrogen-bond acceptors (Lipinski definition) is 5. The highest BCUT2D eigenvalue weighted by atomic mass is 79.9. The third kappa shape index (κ3) is 3.50. The topological polar surface area (TPSA) is 80.9 Å². The zero-order chi connectivity index (χ0) is 14.0. The molecule has 0 radical (unpaired) electrons. The van der Waals surface area contributed by atoms with Crippen molar-refractivity contribution < 1.29 is 4.79 Å². The van der Waals surface area contributed by atoms with Gasteiger partial charge in [-0.15, -0.1) is 11.3 Å². The van der Waals surface area contributed by atoms with Crippen molar-refractivity contribution in [2.24, 2.45) is 5.73 Å². The van der Waals surface area contributed by atoms with E-state index in [9.17, 15) is 4.79 Å². The van der Waals surface area contributed by atoms with Crippen LogP contribution in [0.15, 0.2) is 22.1 Å². The Labute approximate surface area is 127 Å². The van der Waals surface area contributed by atoms with Crippen molar-refractivity contribution in [2.45, 2.75) is 13.0 Å². The number of carbonyl (C=O) groups excluding carboxylic acids is 1. The number of amides is 1. The SMILES string of the molecule is CC(N)c1nc(C(=O)Nc2cc(Br)cnc2Cl)cs1. The van der Waals surface area contributed by atoms with Crippen LogP contribution in [0.5, 0.6) is 0 Å². The van der Waals surface area contributed by atoms with Gasteiger partial charge >= 0.3 is 0 Å². The molecule has 1 amide bonds. The van der Waals surface area contributed by atoms with E-state index in [1.807, 2.05) is 6.92 Å². The average molecular weight is 362 g/mol. The first-order valence-electron chi connectivity index (χ1n) is 5.30. The Morgan fingerprint density at radius 3 is 3.00 bits per heavy atom. The molecule has 0 saturated carbocycles. The molecule has 2 heterocycles. The molecule has 0 aliphatic heterocycles. The van der Waals surface area contributed by atoms with E-state index >= 15 is 0 Å². The number of nitrogens with two attached hydrogens (primary N) is 1. The average Bonchev–Trinajstić information content (AvgIpc) is 2.83. The Kier molecular flexibility index (Phi) is 4.51. The summed E-state index contributed by atoms with van der Waals surface area (Å²) >= 11 is 10.5. The number of nitrogens with zero attached hydrogens (tertiary/aromatic N) is 2. The number of rotatable bonds is 3. The molecule has 1 unspecified atom stereocenters. The standard InChI is InChI=1S/C11H10BrClN4OS/c1-5(14)11-17-8(4-19-11)10(18)16-7-2-6(12)3-15-9(7)13/h2-5H,14H2,1H3,(H,16,18). The number of pyridine rings is 1. The van der Waals surface area contributed by atoms with Crippen LogP contribution in [-0.4, -0.2) is 15.9 Å². The van der Waals surface area contributed by atoms with Crippen LogP contribution in [0.2, 0.25) is 5.15 Å². The third-order valence-electron chi connectivity index (χ3n) is 2.20. The minimum atomic E-state index is -0.343. The van der Waals surface area contributed by atoms with Gasteiger partial charge in [-0.1, -0.05) is 11.6 Å². The normalized spacial score (nSPS) is 12.2. The first-order chi connectivity index (χ1) is 8.97. The molecule has 19 heavy (non-hydrogen) atoms. The van der Waals surface area contributed by atoms with Gasteiger partial charge in [0.1, 0.15) is 10.7 Å². The van der Waals surface area contributed by atoms with Crippen molar-refractivity contribution >= 4 is 50.5 Å². The first-order valence-corrected chi connectivity index (χ1v) is 7.36. The van der Waals surface area contributed by atoms with Crippen molar-refractivity contribution in [1.29, 1.82) is 0 Å². The van der Waals surface area contributed by atoms with Gasteiger partial charge in [0.25, 0.3) is 5.91 Å². The summed E-state index contributed by atoms with van der Waals surface area (Å²) < 4.78 is 0.724. The predicted molar refractivity (Wildman–Crippen MR) is 79.6 cm³/mol. The quantitative estimate of drug-likeness (QED) is 0.822. The maximum Gasteiger partial charge on any atom is 0.275 e. The van der Waals surface area contributed by atoms with E-state index in [1.165, 1.54) is 11.3 Å². The summed E-state index contributed by atoms with van der Waals surface area (Å²) in [5.74, 6) is -0.343. The molecule has 0 aromatic carbocycles. The number of anilines is 1. The molecule has 100 valence electrons. The highest BCUT2D eigenvalue weighted by Gasteiger charge is 2.14. The zero-order valence-corrected chi connectivity index (χ0v) is 13.0. The Morgan fingerprint density at radius 2 is 2.37 bits per heavy atom. The Morgan fingerprint density at radius 1 is 1.63 bits per heavy atom. The Bertz CT molecular complexity index is 616. The molecule has 2 aromatic heterocycles. The molecule has 2 aromatic rings. The van der Waals surface area contributed by atoms with Gasteiger partial charge in [-0.2, -0.15) is 0 Å². The molecule has 0 bridgehead atoms. The van der Waals surface area contributed by atoms with Crippen LogP contribution < -0.4 is 11.1 Å². The lowest BCUT2D eigenvalue weighted by molar-refractivity contribution is 0.102. The van der Waals surface area contributed by atoms with Crippen LogP contribution in [0.4, 0.5) is 5.69 Å². The van der Waals surface area contributed by atoms with Crippen LogP contribution in [-0.2, 0) is 0 Å². The number of hydrogen-bond donors (Lipinski definition) is 2. The van der Waals surface area contributed by atoms with Crippen molar-refractivity contribution in [3.05, 3.63) is 38.0 Å². The van der Waals surface area contributed by atoms with Gasteiger partial charge in [0.2, 0.25) is 0 Å². The van der Waals surface area contributed by atoms with Crippen LogP contribution >= 0.6 is 38.9 Å². The minimum Gasteiger partial charge on any atom is -0.322 e. The van der Waals surface area contributed by atoms with E-state index < -0.39 is 0 Å². The fraction of sp³-hybridized carbons (Fsp3) is 0.182. The van der Waals surface area contributed by atoms with Crippen molar-refractivity contribution in [3.63, 3.8) is 0 Å². The molecule has 0 aliphatic rings. The second-order valence-corrected chi connectivity index (χ2v) is 5.97. The third-order valence-corrected chi connectivity index (χ3v) is 3.98. The summed E-state index contributed by atoms with van der Waals surface area (Å²) in [6.45, 7) is 1.82. The van der Waals surface area contributed by atoms with Crippen LogP contribution in [0.3, 0.4) is 0 Å². The highest BCUT2D eigenvalue weighted by molar-refractivity contribution is 9.10. The van der Waals surface area contributed by atoms with Gasteiger partial charge in [-0.25, -0.2) is 9.97 Å². The maximum absolute atomic E-state index is 12.0. The highest BCUT2D eigenvalue weighted by Crippen LogP contribution is 2.24. The molecule has 0 fully saturated rings. The lowest BCUT2D eigenvalue weighted by atomic mass is 10.3. The van der Waals surface area contributed by atoms with Gasteiger partial charge in [-0.05, 0) is 28.9 Å². The van der Waals surface area contributed by atoms with E-state index in [-0.39, 0.29) is 17.1 Å². The Balaban J connectivity index is 2.18. The van der Waals surface area contributed by atoms with Gasteiger partial charge in [-0.3, -0.25) is 4.79 Å². The van der Waals surface area contributed by atoms with Gasteiger partial charge < -0.3 is 11.1 Å². The van der Waals surface area contributed by atoms with Crippen molar-refractivity contribution in [3.8, 4) is 0 Å². The lowest BCUT2D eigenvalue weighted by Gasteiger charge is -2.05. The van der Waals surface area contributed by atoms with E-state index in [0.29, 0.717) is 16.4 Å². The van der Waals surface area contributed by atoms with E-state index in [2.05, 4.69) is 31.2 Å². The second kappa shape index (κ2) is 5.96. The second-order valence-electron chi connectivity index (χ2n) is 3.81. The van der Waals surface area contributed by atoms with Gasteiger partial charge in [0, 0.05) is 16.0 Å². The number of aromatic nitrogens is 2. The summed E-state index contributed by atoms with van der Waals surface area (Å²) in [4.78, 5) is 20.1. The molecule has 1 atom stereocenters. The maximum atomic E-state index is 12.0. The summed E-state index contributed by atoms with van der Waals surface area (Å²) in [7, 11) is 0. The number of halogens is 2. The molecular weight excluding hydrogens is 352 g/mol. The molecule has 2 rings (SSSR count). The van der Waals surface area contributed by atoms with Crippen LogP contribution in [0, 0.1) is 0 Å². The van der Waals surface area contributed by atoms with E-state index in [1.54, 1.807) is 17.6 Å². The molecule has 0 saturated heterocycles. The fourth-order valence-electron chi connectivity index (χ4n) is 1.30. The fourth-order valence-corrected chi connectivity index (χ4v) is 2.54. The number of nitrogens with one attached hydrogen (secondary N) is 1. The summed E-state index contributed by atoms with van der Waals surface area (Å²) in [6, 6.07) is 1.48. The minimum absolute atomic E-state index is 0.192. The number of carbonyl (C=O) groups is 1. The zero-order valence-electron chi connectivity index (χ0n) is 9.85. The molecule has 8 heteroatoms. The monoisotopic (exact) mass is 360 g/mol. The largest absolute Gasteiger partial charge is 0.322 e. The van der Waals surface area contributed by atoms with E-state index in [0.717, 1.165) is 4.47 Å². The molecule has 0 spiro atoms. The van der Waals surface area contributed by atoms with E-state index in [4.69, 9.17) is 17.3 Å². The predicted octanol–water partition coefficient (Wildman–Crippen LogP) is 3.23. The first kappa shape index (κ1) is 14.4. The number of thiazole rings is 1. The van der Waals surface area contributed by atoms with Gasteiger partial charge in [0.05, 0.1) is 11.7 Å². The molecular formula is C11H10BrClN4OS. The Hall–Kier alpha value is -1.02. The van der Waals surface area contributed by atoms with Gasteiger partial charge in [0.15, 0.2) is 5.15 Å². The van der Waals surface area contributed by atoms with Crippen molar-refractivity contribution in [1.82, 2.24) is 9.97 Å². The molecule has 0 aliphatic carbocycles.